The van der Waals surface area contributed by atoms with Crippen LogP contribution in [0, 0.1) is 11.3 Å². The van der Waals surface area contributed by atoms with Crippen molar-refractivity contribution >= 4 is 17.2 Å². The van der Waals surface area contributed by atoms with Gasteiger partial charge in [-0.1, -0.05) is 0 Å². The van der Waals surface area contributed by atoms with Gasteiger partial charge < -0.3 is 9.64 Å². The topological polar surface area (TPSA) is 53.3 Å². The van der Waals surface area contributed by atoms with Gasteiger partial charge in [0, 0.05) is 14.2 Å². The Labute approximate surface area is 105 Å². The first-order valence-electron chi connectivity index (χ1n) is 5.18. The lowest BCUT2D eigenvalue weighted by atomic mass is 10.0. The van der Waals surface area contributed by atoms with Crippen LogP contribution in [0.25, 0.3) is 0 Å². The highest BCUT2D eigenvalue weighted by atomic mass is 32.1. The van der Waals surface area contributed by atoms with Crippen molar-refractivity contribution in [2.45, 2.75) is 19.4 Å². The average Bonchev–Trinajstić information content (AvgIpc) is 2.74. The summed E-state index contributed by atoms with van der Waals surface area (Å²) in [4.78, 5) is 14.3. The van der Waals surface area contributed by atoms with Crippen molar-refractivity contribution in [1.82, 2.24) is 4.90 Å². The van der Waals surface area contributed by atoms with Crippen LogP contribution in [0.1, 0.15) is 29.1 Å². The molecule has 0 aliphatic heterocycles. The zero-order chi connectivity index (χ0) is 13.1. The predicted octanol–water partition coefficient (Wildman–Crippen LogP) is 2.12. The number of carbonyl (C=O) groups excluding carboxylic acids is 1. The maximum atomic E-state index is 12.2. The van der Waals surface area contributed by atoms with E-state index in [0.29, 0.717) is 17.0 Å². The lowest BCUT2D eigenvalue weighted by Gasteiger charge is -2.34. The van der Waals surface area contributed by atoms with Gasteiger partial charge in [-0.2, -0.15) is 5.26 Å². The van der Waals surface area contributed by atoms with Gasteiger partial charge in [0.25, 0.3) is 5.91 Å². The normalized spacial score (nSPS) is 11.0. The second kappa shape index (κ2) is 5.30. The number of carbonyl (C=O) groups is 1. The Hall–Kier alpha value is -1.38. The first kappa shape index (κ1) is 13.7. The van der Waals surface area contributed by atoms with E-state index in [2.05, 4.69) is 0 Å². The average molecular weight is 252 g/mol. The van der Waals surface area contributed by atoms with E-state index in [4.69, 9.17) is 10.00 Å². The summed E-state index contributed by atoms with van der Waals surface area (Å²) in [6.07, 6.45) is 0. The second-order valence-corrected chi connectivity index (χ2v) is 5.30. The Bertz CT molecular complexity index is 446. The van der Waals surface area contributed by atoms with Crippen molar-refractivity contribution in [1.29, 1.82) is 5.26 Å². The number of likely N-dealkylation sites (N-methyl/N-ethyl adjacent to an activating group) is 1. The molecule has 0 fully saturated rings. The highest BCUT2D eigenvalue weighted by Gasteiger charge is 2.30. The maximum Gasteiger partial charge on any atom is 0.265 e. The molecule has 0 N–H and O–H groups in total. The molecular formula is C12H16N2O2S. The van der Waals surface area contributed by atoms with E-state index in [9.17, 15) is 4.79 Å². The number of hydrogen-bond acceptors (Lipinski definition) is 4. The molecule has 1 aromatic heterocycles. The molecule has 5 heteroatoms. The number of thiophene rings is 1. The number of rotatable bonds is 4. The molecule has 0 aliphatic rings. The summed E-state index contributed by atoms with van der Waals surface area (Å²) in [5, 5.41) is 10.7. The molecule has 1 heterocycles. The molecule has 1 aromatic rings. The summed E-state index contributed by atoms with van der Waals surface area (Å²) in [7, 11) is 3.33. The first-order chi connectivity index (χ1) is 7.94. The molecule has 0 bridgehead atoms. The third-order valence-electron chi connectivity index (χ3n) is 2.69. The van der Waals surface area contributed by atoms with Crippen molar-refractivity contribution in [3.63, 3.8) is 0 Å². The smallest absolute Gasteiger partial charge is 0.265 e. The molecule has 17 heavy (non-hydrogen) atoms. The van der Waals surface area contributed by atoms with Crippen molar-refractivity contribution in [3.8, 4) is 6.07 Å². The third-order valence-corrected chi connectivity index (χ3v) is 3.59. The maximum absolute atomic E-state index is 12.2. The van der Waals surface area contributed by atoms with Crippen molar-refractivity contribution in [2.75, 3.05) is 20.8 Å². The van der Waals surface area contributed by atoms with Gasteiger partial charge in [-0.05, 0) is 25.3 Å². The fourth-order valence-corrected chi connectivity index (χ4v) is 2.26. The van der Waals surface area contributed by atoms with Gasteiger partial charge in [-0.15, -0.1) is 11.3 Å². The van der Waals surface area contributed by atoms with Crippen LogP contribution in [0.3, 0.4) is 0 Å². The minimum absolute atomic E-state index is 0.140. The highest BCUT2D eigenvalue weighted by Crippen LogP contribution is 2.22. The van der Waals surface area contributed by atoms with Crippen LogP contribution in [0.2, 0.25) is 0 Å². The Kier molecular flexibility index (Phi) is 4.27. The van der Waals surface area contributed by atoms with Gasteiger partial charge in [0.1, 0.15) is 10.9 Å². The third kappa shape index (κ3) is 2.84. The molecular weight excluding hydrogens is 236 g/mol. The Morgan fingerprint density at radius 3 is 2.82 bits per heavy atom. The summed E-state index contributed by atoms with van der Waals surface area (Å²) >= 11 is 1.29. The van der Waals surface area contributed by atoms with Crippen molar-refractivity contribution in [3.05, 3.63) is 21.9 Å². The largest absolute Gasteiger partial charge is 0.382 e. The van der Waals surface area contributed by atoms with Crippen molar-refractivity contribution < 1.29 is 9.53 Å². The zero-order valence-corrected chi connectivity index (χ0v) is 11.3. The van der Waals surface area contributed by atoms with Gasteiger partial charge >= 0.3 is 0 Å². The van der Waals surface area contributed by atoms with Crippen LogP contribution in [0.15, 0.2) is 11.4 Å². The molecule has 0 saturated heterocycles. The number of nitriles is 1. The minimum Gasteiger partial charge on any atom is -0.382 e. The fourth-order valence-electron chi connectivity index (χ4n) is 1.44. The van der Waals surface area contributed by atoms with E-state index in [1.54, 1.807) is 30.5 Å². The van der Waals surface area contributed by atoms with Gasteiger partial charge in [-0.3, -0.25) is 4.79 Å². The molecule has 0 unspecified atom stereocenters. The summed E-state index contributed by atoms with van der Waals surface area (Å²) < 4.78 is 5.10. The Morgan fingerprint density at radius 2 is 2.29 bits per heavy atom. The number of nitrogens with zero attached hydrogens (tertiary/aromatic N) is 2. The Balaban J connectivity index is 2.95. The monoisotopic (exact) mass is 252 g/mol. The lowest BCUT2D eigenvalue weighted by molar-refractivity contribution is 0.0370. The molecule has 4 nitrogen and oxygen atoms in total. The van der Waals surface area contributed by atoms with Crippen LogP contribution >= 0.6 is 11.3 Å². The molecule has 0 radical (unpaired) electrons. The standard InChI is InChI=1S/C12H16N2O2S/c1-12(2,8-16-4)14(3)11(15)10-9(7-13)5-6-17-10/h5-6H,8H2,1-4H3. The van der Waals surface area contributed by atoms with Gasteiger partial charge in [0.05, 0.1) is 17.7 Å². The number of amides is 1. The summed E-state index contributed by atoms with van der Waals surface area (Å²) in [6.45, 7) is 4.30. The number of methoxy groups -OCH3 is 1. The van der Waals surface area contributed by atoms with Crippen LogP contribution < -0.4 is 0 Å². The van der Waals surface area contributed by atoms with Gasteiger partial charge in [-0.25, -0.2) is 0 Å². The highest BCUT2D eigenvalue weighted by molar-refractivity contribution is 7.12. The fraction of sp³-hybridized carbons (Fsp3) is 0.500. The van der Waals surface area contributed by atoms with Crippen LogP contribution in [-0.2, 0) is 4.74 Å². The van der Waals surface area contributed by atoms with E-state index in [0.717, 1.165) is 0 Å². The quantitative estimate of drug-likeness (QED) is 0.824. The molecule has 0 spiro atoms. The van der Waals surface area contributed by atoms with E-state index >= 15 is 0 Å². The first-order valence-corrected chi connectivity index (χ1v) is 6.06. The SMILES string of the molecule is COCC(C)(C)N(C)C(=O)c1sccc1C#N. The summed E-state index contributed by atoms with van der Waals surface area (Å²) in [6, 6.07) is 3.69. The molecule has 1 rings (SSSR count). The van der Waals surface area contributed by atoms with Gasteiger partial charge in [0.15, 0.2) is 0 Å². The number of hydrogen-bond donors (Lipinski definition) is 0. The van der Waals surface area contributed by atoms with E-state index in [-0.39, 0.29) is 5.91 Å². The van der Waals surface area contributed by atoms with Crippen molar-refractivity contribution in [2.24, 2.45) is 0 Å². The van der Waals surface area contributed by atoms with E-state index in [1.807, 2.05) is 19.9 Å². The molecule has 0 saturated carbocycles. The lowest BCUT2D eigenvalue weighted by Crippen LogP contribution is -2.48. The molecule has 1 amide bonds. The molecule has 92 valence electrons. The Morgan fingerprint density at radius 1 is 1.65 bits per heavy atom. The molecule has 0 atom stereocenters. The predicted molar refractivity (Wildman–Crippen MR) is 67.1 cm³/mol. The second-order valence-electron chi connectivity index (χ2n) is 4.38. The summed E-state index contributed by atoms with van der Waals surface area (Å²) in [5.74, 6) is -0.140. The molecule has 0 aliphatic carbocycles. The van der Waals surface area contributed by atoms with Crippen LogP contribution in [0.5, 0.6) is 0 Å². The van der Waals surface area contributed by atoms with Gasteiger partial charge in [0.2, 0.25) is 0 Å². The van der Waals surface area contributed by atoms with Crippen LogP contribution in [-0.4, -0.2) is 37.1 Å². The van der Waals surface area contributed by atoms with E-state index in [1.165, 1.54) is 11.3 Å². The minimum atomic E-state index is -0.400. The number of ether oxygens (including phenoxy) is 1. The summed E-state index contributed by atoms with van der Waals surface area (Å²) in [5.41, 5.74) is 0.0304. The molecule has 0 aromatic carbocycles. The zero-order valence-electron chi connectivity index (χ0n) is 10.5. The van der Waals surface area contributed by atoms with E-state index < -0.39 is 5.54 Å². The van der Waals surface area contributed by atoms with Crippen LogP contribution in [0.4, 0.5) is 0 Å².